The molecule has 0 amide bonds. The second-order valence-electron chi connectivity index (χ2n) is 8.00. The van der Waals surface area contributed by atoms with Crippen LogP contribution in [-0.4, -0.2) is 43.6 Å². The van der Waals surface area contributed by atoms with Gasteiger partial charge in [-0.3, -0.25) is 25.1 Å². The predicted molar refractivity (Wildman–Crippen MR) is 128 cm³/mol. The predicted octanol–water partition coefficient (Wildman–Crippen LogP) is 3.03. The highest BCUT2D eigenvalue weighted by Gasteiger charge is 2.19. The lowest BCUT2D eigenvalue weighted by molar-refractivity contribution is 0.752. The Bertz CT molecular complexity index is 1370. The number of nitrogens with zero attached hydrogens (tertiary/aromatic N) is 5. The molecule has 5 rings (SSSR count). The minimum atomic E-state index is 0.214. The fourth-order valence-corrected chi connectivity index (χ4v) is 4.70. The summed E-state index contributed by atoms with van der Waals surface area (Å²) in [4.78, 5) is 7.79. The first-order valence-corrected chi connectivity index (χ1v) is 11.2. The van der Waals surface area contributed by atoms with Gasteiger partial charge in [-0.15, -0.1) is 0 Å². The summed E-state index contributed by atoms with van der Waals surface area (Å²) in [6.45, 7) is 1.80. The molecular weight excluding hydrogens is 420 g/mol. The van der Waals surface area contributed by atoms with Gasteiger partial charge in [0.2, 0.25) is 0 Å². The van der Waals surface area contributed by atoms with Crippen molar-refractivity contribution in [1.82, 2.24) is 19.3 Å². The molecule has 162 valence electrons. The Hall–Kier alpha value is -3.43. The van der Waals surface area contributed by atoms with E-state index in [1.807, 2.05) is 49.8 Å². The zero-order chi connectivity index (χ0) is 22.2. The van der Waals surface area contributed by atoms with Gasteiger partial charge >= 0.3 is 0 Å². The van der Waals surface area contributed by atoms with Crippen LogP contribution in [0.3, 0.4) is 0 Å². The van der Waals surface area contributed by atoms with Crippen molar-refractivity contribution in [1.29, 1.82) is 10.8 Å². The summed E-state index contributed by atoms with van der Waals surface area (Å²) in [7, 11) is 1.87. The van der Waals surface area contributed by atoms with Crippen LogP contribution >= 0.6 is 11.8 Å². The molecule has 1 fully saturated rings. The zero-order valence-corrected chi connectivity index (χ0v) is 18.5. The number of rotatable bonds is 3. The number of aromatic nitrogens is 4. The first-order valence-electron chi connectivity index (χ1n) is 10.4. The van der Waals surface area contributed by atoms with Gasteiger partial charge in [-0.2, -0.15) is 5.10 Å². The molecule has 0 aliphatic carbocycles. The maximum Gasteiger partial charge on any atom is 0.171 e. The number of anilines is 1. The zero-order valence-electron chi connectivity index (χ0n) is 17.7. The Morgan fingerprint density at radius 1 is 1.19 bits per heavy atom. The molecule has 32 heavy (non-hydrogen) atoms. The molecule has 0 bridgehead atoms. The maximum absolute atomic E-state index is 8.62. The van der Waals surface area contributed by atoms with Crippen molar-refractivity contribution in [2.45, 2.75) is 17.4 Å². The average molecular weight is 445 g/mol. The molecule has 9 heteroatoms. The van der Waals surface area contributed by atoms with E-state index in [1.165, 1.54) is 11.8 Å². The number of benzene rings is 1. The highest BCUT2D eigenvalue weighted by Crippen LogP contribution is 2.28. The van der Waals surface area contributed by atoms with Gasteiger partial charge < -0.3 is 10.6 Å². The van der Waals surface area contributed by atoms with Crippen molar-refractivity contribution >= 4 is 33.5 Å². The average Bonchev–Trinajstić information content (AvgIpc) is 3.42. The molecule has 1 saturated heterocycles. The van der Waals surface area contributed by atoms with Gasteiger partial charge in [-0.1, -0.05) is 11.8 Å². The number of fused-ring (bicyclic) bond motifs is 1. The minimum absolute atomic E-state index is 0.214. The summed E-state index contributed by atoms with van der Waals surface area (Å²) in [5.41, 5.74) is 9.97. The Kier molecular flexibility index (Phi) is 5.28. The SMILES string of the molecule is Cn1ccc(-c2ccc(=N)n(C(=N)Sc3ccc4ncc(N5CCC(N)C5)cc4c3)c2)n1. The smallest absolute Gasteiger partial charge is 0.171 e. The van der Waals surface area contributed by atoms with Crippen molar-refractivity contribution in [2.75, 3.05) is 18.0 Å². The molecule has 4 heterocycles. The lowest BCUT2D eigenvalue weighted by Gasteiger charge is -2.18. The van der Waals surface area contributed by atoms with Gasteiger partial charge in [0.05, 0.1) is 23.1 Å². The van der Waals surface area contributed by atoms with E-state index in [0.717, 1.165) is 52.3 Å². The summed E-state index contributed by atoms with van der Waals surface area (Å²) in [5, 5.41) is 22.6. The van der Waals surface area contributed by atoms with Crippen LogP contribution in [0, 0.1) is 10.8 Å². The van der Waals surface area contributed by atoms with E-state index < -0.39 is 0 Å². The van der Waals surface area contributed by atoms with Crippen LogP contribution in [0.4, 0.5) is 5.69 Å². The number of aryl methyl sites for hydroxylation is 1. The Labute approximate surface area is 189 Å². The number of pyridine rings is 2. The normalized spacial score (nSPS) is 16.1. The van der Waals surface area contributed by atoms with Crippen LogP contribution in [0.15, 0.2) is 66.0 Å². The molecule has 1 aromatic carbocycles. The first kappa shape index (κ1) is 20.5. The van der Waals surface area contributed by atoms with E-state index in [1.54, 1.807) is 21.5 Å². The molecular formula is C23H24N8S. The van der Waals surface area contributed by atoms with Gasteiger partial charge in [0.25, 0.3) is 0 Å². The van der Waals surface area contributed by atoms with E-state index in [-0.39, 0.29) is 16.7 Å². The fourth-order valence-electron chi connectivity index (χ4n) is 3.91. The molecule has 1 atom stereocenters. The van der Waals surface area contributed by atoms with E-state index in [2.05, 4.69) is 21.0 Å². The highest BCUT2D eigenvalue weighted by molar-refractivity contribution is 8.13. The standard InChI is InChI=1S/C23H24N8S/c1-29-8-7-21(28-29)15-2-5-22(25)31(13-15)23(26)32-19-3-4-20-16(11-19)10-18(12-27-20)30-9-6-17(24)14-30/h2-5,7-8,10-13,17,25-26H,6,9,14,24H2,1H3. The second-order valence-corrected chi connectivity index (χ2v) is 9.06. The van der Waals surface area contributed by atoms with Gasteiger partial charge in [0.15, 0.2) is 5.17 Å². The molecule has 0 radical (unpaired) electrons. The molecule has 8 nitrogen and oxygen atoms in total. The van der Waals surface area contributed by atoms with Crippen molar-refractivity contribution in [3.63, 3.8) is 0 Å². The number of nitrogens with two attached hydrogens (primary N) is 1. The molecule has 1 aliphatic heterocycles. The van der Waals surface area contributed by atoms with Crippen LogP contribution in [0.2, 0.25) is 0 Å². The fraction of sp³-hybridized carbons (Fsp3) is 0.217. The lowest BCUT2D eigenvalue weighted by Crippen LogP contribution is -2.26. The molecule has 4 N–H and O–H groups in total. The Morgan fingerprint density at radius 2 is 2.06 bits per heavy atom. The molecule has 0 spiro atoms. The molecule has 1 aliphatic rings. The third-order valence-electron chi connectivity index (χ3n) is 5.62. The van der Waals surface area contributed by atoms with Gasteiger partial charge in [0, 0.05) is 54.4 Å². The van der Waals surface area contributed by atoms with Crippen LogP contribution in [0.25, 0.3) is 22.2 Å². The summed E-state index contributed by atoms with van der Waals surface area (Å²) >= 11 is 1.31. The number of nitrogens with one attached hydrogen (secondary N) is 2. The second kappa shape index (κ2) is 8.25. The third kappa shape index (κ3) is 4.04. The van der Waals surface area contributed by atoms with E-state index >= 15 is 0 Å². The van der Waals surface area contributed by atoms with Gasteiger partial charge in [0.1, 0.15) is 5.49 Å². The number of hydrogen-bond donors (Lipinski definition) is 3. The first-order chi connectivity index (χ1) is 15.5. The van der Waals surface area contributed by atoms with Crippen molar-refractivity contribution in [2.24, 2.45) is 12.8 Å². The van der Waals surface area contributed by atoms with Gasteiger partial charge in [-0.25, -0.2) is 0 Å². The number of hydrogen-bond acceptors (Lipinski definition) is 7. The van der Waals surface area contributed by atoms with E-state index in [9.17, 15) is 0 Å². The van der Waals surface area contributed by atoms with Crippen molar-refractivity contribution in [3.05, 3.63) is 66.5 Å². The van der Waals surface area contributed by atoms with Crippen LogP contribution in [0.1, 0.15) is 6.42 Å². The molecule has 1 unspecified atom stereocenters. The number of thioether (sulfide) groups is 1. The third-order valence-corrected chi connectivity index (χ3v) is 6.50. The molecule has 0 saturated carbocycles. The van der Waals surface area contributed by atoms with Crippen LogP contribution in [0.5, 0.6) is 0 Å². The van der Waals surface area contributed by atoms with Crippen molar-refractivity contribution < 1.29 is 0 Å². The maximum atomic E-state index is 8.62. The quantitative estimate of drug-likeness (QED) is 0.255. The lowest BCUT2D eigenvalue weighted by atomic mass is 10.2. The summed E-state index contributed by atoms with van der Waals surface area (Å²) in [6, 6.07) is 13.8. The summed E-state index contributed by atoms with van der Waals surface area (Å²) in [6.07, 6.45) is 6.56. The minimum Gasteiger partial charge on any atom is -0.369 e. The molecule has 3 aromatic heterocycles. The van der Waals surface area contributed by atoms with Crippen LogP contribution in [-0.2, 0) is 7.05 Å². The largest absolute Gasteiger partial charge is 0.369 e. The Balaban J connectivity index is 1.41. The van der Waals surface area contributed by atoms with E-state index in [0.29, 0.717) is 0 Å². The van der Waals surface area contributed by atoms with Gasteiger partial charge in [-0.05, 0) is 48.9 Å². The monoisotopic (exact) mass is 444 g/mol. The van der Waals surface area contributed by atoms with Crippen molar-refractivity contribution in [3.8, 4) is 11.3 Å². The molecule has 4 aromatic rings. The topological polar surface area (TPSA) is 113 Å². The van der Waals surface area contributed by atoms with E-state index in [4.69, 9.17) is 16.6 Å². The highest BCUT2D eigenvalue weighted by atomic mass is 32.2. The van der Waals surface area contributed by atoms with Crippen LogP contribution < -0.4 is 16.1 Å². The summed E-state index contributed by atoms with van der Waals surface area (Å²) in [5.74, 6) is 0. The Morgan fingerprint density at radius 3 is 2.81 bits per heavy atom. The summed E-state index contributed by atoms with van der Waals surface area (Å²) < 4.78 is 3.31.